The highest BCUT2D eigenvalue weighted by atomic mass is 19.1. The van der Waals surface area contributed by atoms with E-state index in [2.05, 4.69) is 16.0 Å². The van der Waals surface area contributed by atoms with E-state index in [1.165, 1.54) is 60.7 Å². The fourth-order valence-corrected chi connectivity index (χ4v) is 5.17. The molecule has 0 saturated carbocycles. The molecule has 4 aromatic carbocycles. The molecule has 5 atom stereocenters. The molecule has 17 heteroatoms. The summed E-state index contributed by atoms with van der Waals surface area (Å²) in [4.78, 5) is 39.5. The molecule has 282 valence electrons. The van der Waals surface area contributed by atoms with E-state index in [4.69, 9.17) is 28.4 Å². The quantitative estimate of drug-likeness (QED) is 0.0992. The van der Waals surface area contributed by atoms with Gasteiger partial charge in [-0.3, -0.25) is 16.0 Å². The molecule has 1 heterocycles. The summed E-state index contributed by atoms with van der Waals surface area (Å²) in [5, 5.41) is 16.2. The molecule has 4 aromatic rings. The van der Waals surface area contributed by atoms with Crippen LogP contribution in [0.25, 0.3) is 0 Å². The lowest BCUT2D eigenvalue weighted by Crippen LogP contribution is -2.63. The number of carbonyl (C=O) groups is 3. The summed E-state index contributed by atoms with van der Waals surface area (Å²) < 4.78 is 90.1. The predicted molar refractivity (Wildman–Crippen MR) is 182 cm³/mol. The van der Waals surface area contributed by atoms with Crippen molar-refractivity contribution < 1.29 is 60.4 Å². The van der Waals surface area contributed by atoms with Gasteiger partial charge in [0, 0.05) is 24.0 Å². The van der Waals surface area contributed by atoms with Gasteiger partial charge >= 0.3 is 18.3 Å². The molecule has 0 bridgehead atoms. The first-order chi connectivity index (χ1) is 26.0. The summed E-state index contributed by atoms with van der Waals surface area (Å²) in [5.41, 5.74) is 0.610. The zero-order chi connectivity index (χ0) is 38.6. The summed E-state index contributed by atoms with van der Waals surface area (Å²) in [7, 11) is 0. The Bertz CT molecular complexity index is 1960. The molecule has 0 unspecified atom stereocenters. The van der Waals surface area contributed by atoms with Crippen molar-refractivity contribution in [2.24, 2.45) is 0 Å². The topological polar surface area (TPSA) is 166 Å². The van der Waals surface area contributed by atoms with Crippen molar-refractivity contribution in [2.75, 3.05) is 29.2 Å². The third kappa shape index (κ3) is 10.9. The Balaban J connectivity index is 1.46. The van der Waals surface area contributed by atoms with Crippen LogP contribution in [0.3, 0.4) is 0 Å². The average Bonchev–Trinajstić information content (AvgIpc) is 3.14. The van der Waals surface area contributed by atoms with Crippen LogP contribution in [0.5, 0.6) is 0 Å². The summed E-state index contributed by atoms with van der Waals surface area (Å²) in [6.07, 6.45) is -11.0. The number of anilines is 3. The van der Waals surface area contributed by atoms with Crippen LogP contribution in [-0.2, 0) is 35.0 Å². The third-order valence-corrected chi connectivity index (χ3v) is 7.64. The predicted octanol–water partition coefficient (Wildman–Crippen LogP) is 7.24. The van der Waals surface area contributed by atoms with E-state index in [0.717, 1.165) is 24.3 Å². The number of hydrogen-bond donors (Lipinski definition) is 3. The van der Waals surface area contributed by atoms with Gasteiger partial charge in [-0.2, -0.15) is 5.26 Å². The lowest BCUT2D eigenvalue weighted by Gasteiger charge is -2.44. The SMILES string of the molecule is CCO[C@H]1O[C@H](COC(=O)Nc2cccc(C#N)c2)[C@@H](OC(=O)Nc2ccc(F)cc2)[C@H](OC(=O)Nc2ccc(F)cc2F)[C@H]1OCc1ccc(F)cc1. The smallest absolute Gasteiger partial charge is 0.412 e. The van der Waals surface area contributed by atoms with Crippen LogP contribution in [0.2, 0.25) is 0 Å². The summed E-state index contributed by atoms with van der Waals surface area (Å²) in [6, 6.07) is 20.2. The minimum Gasteiger partial charge on any atom is -0.446 e. The molecule has 54 heavy (non-hydrogen) atoms. The van der Waals surface area contributed by atoms with E-state index < -0.39 is 84.5 Å². The number of hydrogen-bond acceptors (Lipinski definition) is 10. The van der Waals surface area contributed by atoms with Crippen LogP contribution in [0.1, 0.15) is 18.1 Å². The molecule has 1 aliphatic heterocycles. The Hall–Kier alpha value is -6.22. The van der Waals surface area contributed by atoms with Gasteiger partial charge in [0.1, 0.15) is 42.1 Å². The molecule has 0 radical (unpaired) electrons. The molecule has 3 amide bonds. The molecular formula is C37H32F4N4O9. The highest BCUT2D eigenvalue weighted by Crippen LogP contribution is 2.31. The molecule has 3 N–H and O–H groups in total. The Morgan fingerprint density at radius 2 is 1.37 bits per heavy atom. The number of nitrogens with one attached hydrogen (secondary N) is 3. The maximum atomic E-state index is 14.5. The molecule has 1 aliphatic rings. The first-order valence-electron chi connectivity index (χ1n) is 16.2. The molecule has 0 spiro atoms. The lowest BCUT2D eigenvalue weighted by molar-refractivity contribution is -0.308. The van der Waals surface area contributed by atoms with Gasteiger partial charge in [0.15, 0.2) is 18.5 Å². The van der Waals surface area contributed by atoms with Crippen molar-refractivity contribution in [3.8, 4) is 6.07 Å². The largest absolute Gasteiger partial charge is 0.446 e. The Kier molecular flexibility index (Phi) is 13.4. The lowest BCUT2D eigenvalue weighted by atomic mass is 9.98. The van der Waals surface area contributed by atoms with Gasteiger partial charge in [-0.05, 0) is 79.2 Å². The van der Waals surface area contributed by atoms with Gasteiger partial charge in [0.2, 0.25) is 0 Å². The van der Waals surface area contributed by atoms with Gasteiger partial charge in [-0.15, -0.1) is 0 Å². The Morgan fingerprint density at radius 1 is 0.722 bits per heavy atom. The molecule has 5 rings (SSSR count). The van der Waals surface area contributed by atoms with Gasteiger partial charge in [0.05, 0.1) is 23.9 Å². The fraction of sp³-hybridized carbons (Fsp3) is 0.243. The van der Waals surface area contributed by atoms with Gasteiger partial charge in [-0.25, -0.2) is 31.9 Å². The van der Waals surface area contributed by atoms with Crippen LogP contribution in [0.15, 0.2) is 91.0 Å². The van der Waals surface area contributed by atoms with Crippen molar-refractivity contribution in [1.82, 2.24) is 0 Å². The van der Waals surface area contributed by atoms with Crippen molar-refractivity contribution >= 4 is 35.3 Å². The normalized spacial score (nSPS) is 19.1. The molecule has 0 aliphatic carbocycles. The van der Waals surface area contributed by atoms with E-state index in [-0.39, 0.29) is 30.2 Å². The molecular weight excluding hydrogens is 720 g/mol. The maximum Gasteiger partial charge on any atom is 0.412 e. The molecule has 1 fully saturated rings. The molecule has 0 aromatic heterocycles. The van der Waals surface area contributed by atoms with Crippen LogP contribution >= 0.6 is 0 Å². The minimum atomic E-state index is -1.67. The van der Waals surface area contributed by atoms with Crippen LogP contribution < -0.4 is 16.0 Å². The molecule has 1 saturated heterocycles. The second kappa shape index (κ2) is 18.5. The highest BCUT2D eigenvalue weighted by molar-refractivity contribution is 5.86. The number of benzene rings is 4. The number of amides is 3. The van der Waals surface area contributed by atoms with E-state index in [0.29, 0.717) is 11.6 Å². The zero-order valence-electron chi connectivity index (χ0n) is 28.3. The summed E-state index contributed by atoms with van der Waals surface area (Å²) in [5.74, 6) is -3.12. The first-order valence-corrected chi connectivity index (χ1v) is 16.2. The van der Waals surface area contributed by atoms with E-state index in [1.807, 2.05) is 6.07 Å². The monoisotopic (exact) mass is 752 g/mol. The second-order valence-electron chi connectivity index (χ2n) is 11.4. The fourth-order valence-electron chi connectivity index (χ4n) is 5.17. The van der Waals surface area contributed by atoms with Crippen molar-refractivity contribution in [3.63, 3.8) is 0 Å². The van der Waals surface area contributed by atoms with Crippen molar-refractivity contribution in [3.05, 3.63) is 125 Å². The van der Waals surface area contributed by atoms with E-state index in [9.17, 15) is 37.2 Å². The number of nitriles is 1. The Labute approximate surface area is 305 Å². The number of nitrogens with zero attached hydrogens (tertiary/aromatic N) is 1. The first kappa shape index (κ1) is 39.0. The highest BCUT2D eigenvalue weighted by Gasteiger charge is 2.52. The van der Waals surface area contributed by atoms with Gasteiger partial charge < -0.3 is 28.4 Å². The zero-order valence-corrected chi connectivity index (χ0v) is 28.3. The standard InChI is InChI=1S/C37H32F4N4O9/c1-2-49-34-33(50-19-21-6-8-23(38)9-7-21)32(54-37(48)45-29-15-12-25(40)17-28(29)41)31(53-36(47)43-26-13-10-24(39)11-14-26)30(52-34)20-51-35(46)44-27-5-3-4-22(16-27)18-42/h3-17,30-34H,2,19-20H2,1H3,(H,43,47)(H,44,46)(H,45,48)/t30-,31-,32+,33-,34+/m1/s1. The summed E-state index contributed by atoms with van der Waals surface area (Å²) in [6.45, 7) is 0.750. The number of carbonyl (C=O) groups excluding carboxylic acids is 3. The molecule has 13 nitrogen and oxygen atoms in total. The number of ether oxygens (including phenoxy) is 6. The maximum absolute atomic E-state index is 14.5. The second-order valence-corrected chi connectivity index (χ2v) is 11.4. The Morgan fingerprint density at radius 3 is 2.06 bits per heavy atom. The number of halogens is 4. The van der Waals surface area contributed by atoms with Crippen LogP contribution in [-0.4, -0.2) is 62.2 Å². The van der Waals surface area contributed by atoms with Gasteiger partial charge in [0.25, 0.3) is 0 Å². The third-order valence-electron chi connectivity index (χ3n) is 7.64. The average molecular weight is 753 g/mol. The van der Waals surface area contributed by atoms with Gasteiger partial charge in [-0.1, -0.05) is 18.2 Å². The van der Waals surface area contributed by atoms with Crippen molar-refractivity contribution in [2.45, 2.75) is 44.2 Å². The minimum absolute atomic E-state index is 0.0145. The summed E-state index contributed by atoms with van der Waals surface area (Å²) >= 11 is 0. The van der Waals surface area contributed by atoms with Crippen molar-refractivity contribution in [1.29, 1.82) is 5.26 Å². The number of rotatable bonds is 12. The van der Waals surface area contributed by atoms with Crippen LogP contribution in [0, 0.1) is 34.6 Å². The van der Waals surface area contributed by atoms with Crippen LogP contribution in [0.4, 0.5) is 49.0 Å². The van der Waals surface area contributed by atoms with E-state index >= 15 is 0 Å². The van der Waals surface area contributed by atoms with E-state index in [1.54, 1.807) is 6.92 Å².